The molecule has 1 aromatic carbocycles. The maximum atomic E-state index is 11.9. The number of carbonyl (C=O) groups is 1. The van der Waals surface area contributed by atoms with Gasteiger partial charge in [-0.25, -0.2) is 4.79 Å². The number of benzene rings is 1. The molecule has 0 atom stereocenters. The van der Waals surface area contributed by atoms with Crippen LogP contribution in [0, 0.1) is 0 Å². The van der Waals surface area contributed by atoms with Crippen LogP contribution < -0.4 is 4.74 Å². The van der Waals surface area contributed by atoms with E-state index in [4.69, 9.17) is 9.47 Å². The Morgan fingerprint density at radius 1 is 0.686 bits per heavy atom. The van der Waals surface area contributed by atoms with E-state index in [1.165, 1.54) is 89.0 Å². The number of rotatable bonds is 19. The highest BCUT2D eigenvalue weighted by atomic mass is 16.7. The van der Waals surface area contributed by atoms with Crippen LogP contribution in [0.1, 0.15) is 116 Å². The summed E-state index contributed by atoms with van der Waals surface area (Å²) in [7, 11) is 0. The number of hydrogen-bond acceptors (Lipinski definition) is 4. The number of ether oxygens (including phenoxy) is 2. The van der Waals surface area contributed by atoms with Gasteiger partial charge in [0.05, 0.1) is 12.3 Å². The van der Waals surface area contributed by atoms with Crippen molar-refractivity contribution in [3.63, 3.8) is 0 Å². The van der Waals surface area contributed by atoms with E-state index >= 15 is 0 Å². The van der Waals surface area contributed by atoms with Crippen LogP contribution in [0.15, 0.2) is 42.6 Å². The fourth-order valence-electron chi connectivity index (χ4n) is 4.24. The molecule has 0 unspecified atom stereocenters. The number of aromatic nitrogens is 1. The third-order valence-corrected chi connectivity index (χ3v) is 6.46. The van der Waals surface area contributed by atoms with Gasteiger partial charge in [-0.3, -0.25) is 4.98 Å². The summed E-state index contributed by atoms with van der Waals surface area (Å²) in [5.74, 6) is 0.490. The van der Waals surface area contributed by atoms with Crippen LogP contribution in [-0.2, 0) is 11.2 Å². The van der Waals surface area contributed by atoms with E-state index in [9.17, 15) is 4.79 Å². The Bertz CT molecular complexity index is 786. The van der Waals surface area contributed by atoms with Gasteiger partial charge in [0.1, 0.15) is 5.75 Å². The van der Waals surface area contributed by atoms with Gasteiger partial charge in [-0.1, -0.05) is 103 Å². The Kier molecular flexibility index (Phi) is 15.6. The van der Waals surface area contributed by atoms with Crippen LogP contribution >= 0.6 is 0 Å². The average molecular weight is 482 g/mol. The third-order valence-electron chi connectivity index (χ3n) is 6.46. The van der Waals surface area contributed by atoms with Crippen LogP contribution in [0.25, 0.3) is 11.3 Å². The van der Waals surface area contributed by atoms with Crippen LogP contribution in [0.2, 0.25) is 0 Å². The lowest BCUT2D eigenvalue weighted by atomic mass is 10.0. The molecule has 194 valence electrons. The quantitative estimate of drug-likeness (QED) is 0.114. The lowest BCUT2D eigenvalue weighted by molar-refractivity contribution is 0.0973. The maximum absolute atomic E-state index is 11.9. The van der Waals surface area contributed by atoms with Gasteiger partial charge >= 0.3 is 6.16 Å². The van der Waals surface area contributed by atoms with Crippen molar-refractivity contribution in [2.24, 2.45) is 0 Å². The molecule has 0 aliphatic carbocycles. The van der Waals surface area contributed by atoms with Gasteiger partial charge in [-0.15, -0.1) is 0 Å². The second-order valence-electron chi connectivity index (χ2n) is 9.62. The van der Waals surface area contributed by atoms with E-state index in [0.29, 0.717) is 12.4 Å². The molecule has 35 heavy (non-hydrogen) atoms. The molecule has 0 radical (unpaired) electrons. The summed E-state index contributed by atoms with van der Waals surface area (Å²) in [5, 5.41) is 0. The second-order valence-corrected chi connectivity index (χ2v) is 9.62. The van der Waals surface area contributed by atoms with Crippen molar-refractivity contribution in [3.05, 3.63) is 48.2 Å². The molecule has 0 saturated carbocycles. The summed E-state index contributed by atoms with van der Waals surface area (Å²) in [4.78, 5) is 16.5. The molecule has 0 amide bonds. The van der Waals surface area contributed by atoms with E-state index in [-0.39, 0.29) is 0 Å². The first-order valence-corrected chi connectivity index (χ1v) is 14.1. The highest BCUT2D eigenvalue weighted by Gasteiger charge is 2.07. The standard InChI is InChI=1S/C31H47NO3/c1-3-5-7-9-11-12-14-16-18-27-19-24-30(32-26-27)28-20-22-29(23-21-28)35-31(33)34-25-17-15-13-10-8-6-4-2/h19-24,26H,3-18,25H2,1-2H3. The summed E-state index contributed by atoms with van der Waals surface area (Å²) < 4.78 is 10.5. The Labute approximate surface area is 213 Å². The second kappa shape index (κ2) is 18.9. The first kappa shape index (κ1) is 28.9. The van der Waals surface area contributed by atoms with Crippen molar-refractivity contribution in [2.75, 3.05) is 6.61 Å². The van der Waals surface area contributed by atoms with Crippen LogP contribution in [0.5, 0.6) is 5.75 Å². The molecule has 0 aliphatic rings. The molecule has 0 saturated heterocycles. The Morgan fingerprint density at radius 3 is 1.83 bits per heavy atom. The van der Waals surface area contributed by atoms with Gasteiger partial charge < -0.3 is 9.47 Å². The third kappa shape index (κ3) is 13.3. The molecule has 2 rings (SSSR count). The molecule has 4 nitrogen and oxygen atoms in total. The molecular weight excluding hydrogens is 434 g/mol. The summed E-state index contributed by atoms with van der Waals surface area (Å²) >= 11 is 0. The Balaban J connectivity index is 1.62. The molecule has 0 aliphatic heterocycles. The lowest BCUT2D eigenvalue weighted by Crippen LogP contribution is -2.11. The monoisotopic (exact) mass is 481 g/mol. The van der Waals surface area contributed by atoms with E-state index in [1.807, 2.05) is 18.3 Å². The fraction of sp³-hybridized carbons (Fsp3) is 0.613. The van der Waals surface area contributed by atoms with Crippen molar-refractivity contribution < 1.29 is 14.3 Å². The summed E-state index contributed by atoms with van der Waals surface area (Å²) in [6.45, 7) is 4.90. The highest BCUT2D eigenvalue weighted by Crippen LogP contribution is 2.22. The van der Waals surface area contributed by atoms with Crippen LogP contribution in [-0.4, -0.2) is 17.7 Å². The Hall–Kier alpha value is -2.36. The zero-order valence-corrected chi connectivity index (χ0v) is 22.2. The average Bonchev–Trinajstić information content (AvgIpc) is 2.88. The SMILES string of the molecule is CCCCCCCCCCc1ccc(-c2ccc(OC(=O)OCCCCCCCCC)cc2)nc1. The molecule has 1 heterocycles. The predicted octanol–water partition coefficient (Wildman–Crippen LogP) is 9.70. The first-order valence-electron chi connectivity index (χ1n) is 14.1. The van der Waals surface area contributed by atoms with Crippen molar-refractivity contribution >= 4 is 6.16 Å². The van der Waals surface area contributed by atoms with Gasteiger partial charge in [-0.2, -0.15) is 0 Å². The molecule has 2 aromatic rings. The summed E-state index contributed by atoms with van der Waals surface area (Å²) in [6.07, 6.45) is 21.5. The maximum Gasteiger partial charge on any atom is 0.513 e. The van der Waals surface area contributed by atoms with Crippen molar-refractivity contribution in [1.82, 2.24) is 4.98 Å². The van der Waals surface area contributed by atoms with Crippen molar-refractivity contribution in [3.8, 4) is 17.0 Å². The smallest absolute Gasteiger partial charge is 0.434 e. The number of pyridine rings is 1. The normalized spacial score (nSPS) is 10.9. The molecular formula is C31H47NO3. The molecule has 0 fully saturated rings. The number of carbonyl (C=O) groups excluding carboxylic acids is 1. The Morgan fingerprint density at radius 2 is 1.26 bits per heavy atom. The first-order chi connectivity index (χ1) is 17.2. The van der Waals surface area contributed by atoms with Crippen LogP contribution in [0.3, 0.4) is 0 Å². The molecule has 4 heteroatoms. The number of hydrogen-bond donors (Lipinski definition) is 0. The minimum absolute atomic E-state index is 0.417. The summed E-state index contributed by atoms with van der Waals surface area (Å²) in [6, 6.07) is 11.7. The zero-order valence-electron chi connectivity index (χ0n) is 22.2. The number of aryl methyl sites for hydroxylation is 1. The summed E-state index contributed by atoms with van der Waals surface area (Å²) in [5.41, 5.74) is 3.23. The zero-order chi connectivity index (χ0) is 25.0. The van der Waals surface area contributed by atoms with Crippen molar-refractivity contribution in [1.29, 1.82) is 0 Å². The highest BCUT2D eigenvalue weighted by molar-refractivity contribution is 5.65. The van der Waals surface area contributed by atoms with E-state index in [0.717, 1.165) is 30.5 Å². The van der Waals surface area contributed by atoms with Crippen molar-refractivity contribution in [2.45, 2.75) is 117 Å². The predicted molar refractivity (Wildman–Crippen MR) is 146 cm³/mol. The molecule has 0 bridgehead atoms. The van der Waals surface area contributed by atoms with E-state index in [2.05, 4.69) is 31.0 Å². The van der Waals surface area contributed by atoms with E-state index < -0.39 is 6.16 Å². The van der Waals surface area contributed by atoms with Gasteiger partial charge in [0.25, 0.3) is 0 Å². The molecule has 0 N–H and O–H groups in total. The topological polar surface area (TPSA) is 48.4 Å². The van der Waals surface area contributed by atoms with Gasteiger partial charge in [0.2, 0.25) is 0 Å². The molecule has 0 spiro atoms. The van der Waals surface area contributed by atoms with Gasteiger partial charge in [0, 0.05) is 11.8 Å². The van der Waals surface area contributed by atoms with E-state index in [1.54, 1.807) is 12.1 Å². The minimum atomic E-state index is -0.632. The van der Waals surface area contributed by atoms with Crippen LogP contribution in [0.4, 0.5) is 4.79 Å². The minimum Gasteiger partial charge on any atom is -0.434 e. The molecule has 1 aromatic heterocycles. The van der Waals surface area contributed by atoms with Gasteiger partial charge in [0.15, 0.2) is 0 Å². The fourth-order valence-corrected chi connectivity index (χ4v) is 4.24. The largest absolute Gasteiger partial charge is 0.513 e. The number of unbranched alkanes of at least 4 members (excludes halogenated alkanes) is 13. The van der Waals surface area contributed by atoms with Gasteiger partial charge in [-0.05, 0) is 55.2 Å². The lowest BCUT2D eigenvalue weighted by Gasteiger charge is -2.07. The number of nitrogens with zero attached hydrogens (tertiary/aromatic N) is 1.